The SMILES string of the molecule is CC(C)OCC(=O)NCCCOC1CCNCC1. The van der Waals surface area contributed by atoms with Gasteiger partial charge in [0, 0.05) is 13.2 Å². The van der Waals surface area contributed by atoms with Crippen LogP contribution in [0.15, 0.2) is 0 Å². The molecule has 0 saturated carbocycles. The Kier molecular flexibility index (Phi) is 7.96. The van der Waals surface area contributed by atoms with Crippen LogP contribution in [0.3, 0.4) is 0 Å². The third-order valence-electron chi connectivity index (χ3n) is 2.83. The van der Waals surface area contributed by atoms with Gasteiger partial charge >= 0.3 is 0 Å². The summed E-state index contributed by atoms with van der Waals surface area (Å²) in [6.45, 7) is 7.45. The highest BCUT2D eigenvalue weighted by Crippen LogP contribution is 2.06. The van der Waals surface area contributed by atoms with E-state index in [1.807, 2.05) is 13.8 Å². The van der Waals surface area contributed by atoms with E-state index in [1.165, 1.54) is 0 Å². The summed E-state index contributed by atoms with van der Waals surface area (Å²) in [7, 11) is 0. The molecule has 1 heterocycles. The van der Waals surface area contributed by atoms with Gasteiger partial charge in [-0.3, -0.25) is 4.79 Å². The third kappa shape index (κ3) is 7.63. The van der Waals surface area contributed by atoms with E-state index in [0.717, 1.165) is 39.0 Å². The van der Waals surface area contributed by atoms with E-state index in [4.69, 9.17) is 9.47 Å². The van der Waals surface area contributed by atoms with E-state index in [2.05, 4.69) is 10.6 Å². The van der Waals surface area contributed by atoms with Crippen LogP contribution in [0.5, 0.6) is 0 Å². The Morgan fingerprint density at radius 2 is 2.11 bits per heavy atom. The standard InChI is InChI=1S/C13H26N2O3/c1-11(2)18-10-13(16)15-6-3-9-17-12-4-7-14-8-5-12/h11-12,14H,3-10H2,1-2H3,(H,15,16). The summed E-state index contributed by atoms with van der Waals surface area (Å²) in [6.07, 6.45) is 3.53. The largest absolute Gasteiger partial charge is 0.378 e. The predicted octanol–water partition coefficient (Wildman–Crippen LogP) is 0.686. The summed E-state index contributed by atoms with van der Waals surface area (Å²) in [4.78, 5) is 11.3. The molecular weight excluding hydrogens is 232 g/mol. The van der Waals surface area contributed by atoms with Crippen molar-refractivity contribution < 1.29 is 14.3 Å². The van der Waals surface area contributed by atoms with Crippen LogP contribution < -0.4 is 10.6 Å². The van der Waals surface area contributed by atoms with Crippen molar-refractivity contribution >= 4 is 5.91 Å². The van der Waals surface area contributed by atoms with Crippen molar-refractivity contribution in [2.24, 2.45) is 0 Å². The van der Waals surface area contributed by atoms with Crippen molar-refractivity contribution in [2.45, 2.75) is 45.3 Å². The summed E-state index contributed by atoms with van der Waals surface area (Å²) in [5.41, 5.74) is 0. The smallest absolute Gasteiger partial charge is 0.246 e. The van der Waals surface area contributed by atoms with Gasteiger partial charge in [0.25, 0.3) is 0 Å². The van der Waals surface area contributed by atoms with Gasteiger partial charge in [0.05, 0.1) is 12.2 Å². The van der Waals surface area contributed by atoms with Crippen molar-refractivity contribution in [3.63, 3.8) is 0 Å². The molecule has 0 aromatic carbocycles. The van der Waals surface area contributed by atoms with E-state index < -0.39 is 0 Å². The second kappa shape index (κ2) is 9.30. The minimum absolute atomic E-state index is 0.0504. The molecule has 18 heavy (non-hydrogen) atoms. The van der Waals surface area contributed by atoms with Gasteiger partial charge in [0.15, 0.2) is 0 Å². The monoisotopic (exact) mass is 258 g/mol. The van der Waals surface area contributed by atoms with Crippen LogP contribution in [0.2, 0.25) is 0 Å². The highest BCUT2D eigenvalue weighted by Gasteiger charge is 2.12. The lowest BCUT2D eigenvalue weighted by atomic mass is 10.1. The average molecular weight is 258 g/mol. The molecule has 106 valence electrons. The molecule has 2 N–H and O–H groups in total. The van der Waals surface area contributed by atoms with Crippen molar-refractivity contribution in [1.82, 2.24) is 10.6 Å². The zero-order chi connectivity index (χ0) is 13.2. The number of carbonyl (C=O) groups excluding carboxylic acids is 1. The summed E-state index contributed by atoms with van der Waals surface area (Å²) < 4.78 is 10.9. The summed E-state index contributed by atoms with van der Waals surface area (Å²) >= 11 is 0. The van der Waals surface area contributed by atoms with Crippen LogP contribution in [0.1, 0.15) is 33.1 Å². The lowest BCUT2D eigenvalue weighted by molar-refractivity contribution is -0.127. The molecule has 0 atom stereocenters. The Balaban J connectivity index is 1.89. The molecule has 1 amide bonds. The molecule has 1 rings (SSSR count). The molecule has 1 aliphatic rings. The first-order valence-corrected chi connectivity index (χ1v) is 6.89. The Labute approximate surface area is 110 Å². The first-order chi connectivity index (χ1) is 8.68. The van der Waals surface area contributed by atoms with Crippen LogP contribution in [-0.4, -0.2) is 51.0 Å². The Morgan fingerprint density at radius 1 is 1.39 bits per heavy atom. The molecular formula is C13H26N2O3. The average Bonchev–Trinajstić information content (AvgIpc) is 2.37. The highest BCUT2D eigenvalue weighted by molar-refractivity contribution is 5.77. The van der Waals surface area contributed by atoms with E-state index in [0.29, 0.717) is 12.6 Å². The predicted molar refractivity (Wildman–Crippen MR) is 70.6 cm³/mol. The molecule has 0 bridgehead atoms. The van der Waals surface area contributed by atoms with E-state index >= 15 is 0 Å². The highest BCUT2D eigenvalue weighted by atomic mass is 16.5. The lowest BCUT2D eigenvalue weighted by Crippen LogP contribution is -2.33. The Morgan fingerprint density at radius 3 is 2.78 bits per heavy atom. The summed E-state index contributed by atoms with van der Waals surface area (Å²) in [6, 6.07) is 0. The molecule has 0 aromatic heterocycles. The van der Waals surface area contributed by atoms with Crippen molar-refractivity contribution in [1.29, 1.82) is 0 Å². The molecule has 1 fully saturated rings. The van der Waals surface area contributed by atoms with Crippen LogP contribution in [0.4, 0.5) is 0 Å². The zero-order valence-corrected chi connectivity index (χ0v) is 11.5. The van der Waals surface area contributed by atoms with Gasteiger partial charge in [-0.25, -0.2) is 0 Å². The first kappa shape index (κ1) is 15.4. The first-order valence-electron chi connectivity index (χ1n) is 6.89. The molecule has 5 heteroatoms. The van der Waals surface area contributed by atoms with Crippen LogP contribution in [0.25, 0.3) is 0 Å². The Hall–Kier alpha value is -0.650. The number of rotatable bonds is 8. The minimum atomic E-state index is -0.0504. The van der Waals surface area contributed by atoms with Gasteiger partial charge in [-0.1, -0.05) is 0 Å². The number of carbonyl (C=O) groups is 1. The lowest BCUT2D eigenvalue weighted by Gasteiger charge is -2.22. The van der Waals surface area contributed by atoms with E-state index in [9.17, 15) is 4.79 Å². The fraction of sp³-hybridized carbons (Fsp3) is 0.923. The number of hydrogen-bond donors (Lipinski definition) is 2. The molecule has 5 nitrogen and oxygen atoms in total. The molecule has 0 aliphatic carbocycles. The maximum Gasteiger partial charge on any atom is 0.246 e. The summed E-state index contributed by atoms with van der Waals surface area (Å²) in [5.74, 6) is -0.0504. The number of piperidine rings is 1. The number of amides is 1. The van der Waals surface area contributed by atoms with Crippen LogP contribution in [-0.2, 0) is 14.3 Å². The number of ether oxygens (including phenoxy) is 2. The van der Waals surface area contributed by atoms with Gasteiger partial charge in [-0.05, 0) is 46.2 Å². The van der Waals surface area contributed by atoms with E-state index in [-0.39, 0.29) is 18.6 Å². The van der Waals surface area contributed by atoms with Gasteiger partial charge in [0.1, 0.15) is 6.61 Å². The fourth-order valence-corrected chi connectivity index (χ4v) is 1.81. The summed E-state index contributed by atoms with van der Waals surface area (Å²) in [5, 5.41) is 6.12. The minimum Gasteiger partial charge on any atom is -0.378 e. The second-order valence-corrected chi connectivity index (χ2v) is 4.88. The topological polar surface area (TPSA) is 59.6 Å². The molecule has 1 saturated heterocycles. The Bertz CT molecular complexity index is 228. The maximum absolute atomic E-state index is 11.3. The molecule has 0 aromatic rings. The fourth-order valence-electron chi connectivity index (χ4n) is 1.81. The molecule has 0 unspecified atom stereocenters. The quantitative estimate of drug-likeness (QED) is 0.629. The van der Waals surface area contributed by atoms with Crippen LogP contribution in [0, 0.1) is 0 Å². The van der Waals surface area contributed by atoms with Gasteiger partial charge in [0.2, 0.25) is 5.91 Å². The third-order valence-corrected chi connectivity index (χ3v) is 2.83. The van der Waals surface area contributed by atoms with E-state index in [1.54, 1.807) is 0 Å². The van der Waals surface area contributed by atoms with Gasteiger partial charge in [-0.15, -0.1) is 0 Å². The number of nitrogens with one attached hydrogen (secondary N) is 2. The van der Waals surface area contributed by atoms with Gasteiger partial charge < -0.3 is 20.1 Å². The molecule has 0 spiro atoms. The van der Waals surface area contributed by atoms with Crippen molar-refractivity contribution in [3.05, 3.63) is 0 Å². The zero-order valence-electron chi connectivity index (χ0n) is 11.5. The van der Waals surface area contributed by atoms with Gasteiger partial charge in [-0.2, -0.15) is 0 Å². The van der Waals surface area contributed by atoms with Crippen molar-refractivity contribution in [3.8, 4) is 0 Å². The molecule has 1 aliphatic heterocycles. The van der Waals surface area contributed by atoms with Crippen molar-refractivity contribution in [2.75, 3.05) is 32.8 Å². The second-order valence-electron chi connectivity index (χ2n) is 4.88. The maximum atomic E-state index is 11.3. The molecule has 0 radical (unpaired) electrons. The normalized spacial score (nSPS) is 17.1. The number of hydrogen-bond acceptors (Lipinski definition) is 4. The van der Waals surface area contributed by atoms with Crippen LogP contribution >= 0.6 is 0 Å².